The maximum absolute atomic E-state index is 13.5. The third-order valence-corrected chi connectivity index (χ3v) is 4.63. The molecule has 8 heteroatoms. The Balaban J connectivity index is 1.64. The summed E-state index contributed by atoms with van der Waals surface area (Å²) in [5.74, 6) is -0.535. The van der Waals surface area contributed by atoms with Gasteiger partial charge < -0.3 is 9.80 Å². The molecule has 136 valence electrons. The summed E-state index contributed by atoms with van der Waals surface area (Å²) < 4.78 is 13.5. The van der Waals surface area contributed by atoms with Crippen LogP contribution in [0.25, 0.3) is 0 Å². The van der Waals surface area contributed by atoms with Crippen LogP contribution in [-0.4, -0.2) is 41.9 Å². The molecular weight excluding hydrogens is 361 g/mol. The molecule has 1 saturated heterocycles. The molecule has 0 aliphatic carbocycles. The van der Waals surface area contributed by atoms with Gasteiger partial charge in [-0.3, -0.25) is 14.9 Å². The third-order valence-electron chi connectivity index (χ3n) is 4.38. The summed E-state index contributed by atoms with van der Waals surface area (Å²) in [5, 5.41) is 11.8. The Morgan fingerprint density at radius 3 is 2.38 bits per heavy atom. The van der Waals surface area contributed by atoms with Gasteiger partial charge in [0.05, 0.1) is 11.3 Å². The van der Waals surface area contributed by atoms with Gasteiger partial charge in [0.25, 0.3) is 5.69 Å². The first-order chi connectivity index (χ1) is 12.4. The minimum absolute atomic E-state index is 0.0132. The predicted molar refractivity (Wildman–Crippen MR) is 97.0 cm³/mol. The fourth-order valence-corrected chi connectivity index (χ4v) is 3.12. The zero-order valence-corrected chi connectivity index (χ0v) is 14.7. The molecule has 0 radical (unpaired) electrons. The van der Waals surface area contributed by atoms with Crippen LogP contribution in [0.15, 0.2) is 42.5 Å². The lowest BCUT2D eigenvalue weighted by molar-refractivity contribution is -0.384. The van der Waals surface area contributed by atoms with Crippen molar-refractivity contribution in [3.8, 4) is 0 Å². The van der Waals surface area contributed by atoms with Gasteiger partial charge in [-0.1, -0.05) is 23.7 Å². The van der Waals surface area contributed by atoms with Crippen LogP contribution in [0.1, 0.15) is 5.56 Å². The number of carbonyl (C=O) groups excluding carboxylic acids is 1. The Kier molecular flexibility index (Phi) is 5.37. The average molecular weight is 378 g/mol. The number of halogens is 2. The number of hydrogen-bond acceptors (Lipinski definition) is 4. The molecule has 3 rings (SSSR count). The zero-order chi connectivity index (χ0) is 18.7. The van der Waals surface area contributed by atoms with E-state index in [9.17, 15) is 19.3 Å². The minimum atomic E-state index is -0.521. The van der Waals surface area contributed by atoms with Crippen molar-refractivity contribution in [3.05, 3.63) is 69.0 Å². The Labute approximate surface area is 154 Å². The summed E-state index contributed by atoms with van der Waals surface area (Å²) in [6, 6.07) is 10.5. The minimum Gasteiger partial charge on any atom is -0.362 e. The maximum atomic E-state index is 13.5. The van der Waals surface area contributed by atoms with E-state index in [0.29, 0.717) is 31.2 Å². The van der Waals surface area contributed by atoms with Crippen LogP contribution >= 0.6 is 11.6 Å². The van der Waals surface area contributed by atoms with Gasteiger partial charge in [0.2, 0.25) is 5.91 Å². The lowest BCUT2D eigenvalue weighted by Crippen LogP contribution is -2.49. The number of benzene rings is 2. The zero-order valence-electron chi connectivity index (χ0n) is 13.9. The molecule has 0 atom stereocenters. The highest BCUT2D eigenvalue weighted by Crippen LogP contribution is 2.29. The van der Waals surface area contributed by atoms with Gasteiger partial charge in [0.15, 0.2) is 0 Å². The first-order valence-electron chi connectivity index (χ1n) is 8.15. The molecular formula is C18H17ClFN3O3. The number of piperazine rings is 1. The Morgan fingerprint density at radius 1 is 1.12 bits per heavy atom. The summed E-state index contributed by atoms with van der Waals surface area (Å²) >= 11 is 5.84. The monoisotopic (exact) mass is 377 g/mol. The molecule has 2 aromatic carbocycles. The van der Waals surface area contributed by atoms with Crippen LogP contribution in [0, 0.1) is 15.9 Å². The maximum Gasteiger partial charge on any atom is 0.292 e. The van der Waals surface area contributed by atoms with E-state index >= 15 is 0 Å². The normalized spacial score (nSPS) is 14.4. The second-order valence-electron chi connectivity index (χ2n) is 6.06. The summed E-state index contributed by atoms with van der Waals surface area (Å²) in [5.41, 5.74) is 0.995. The topological polar surface area (TPSA) is 66.7 Å². The van der Waals surface area contributed by atoms with E-state index in [0.717, 1.165) is 11.6 Å². The van der Waals surface area contributed by atoms with Crippen molar-refractivity contribution >= 4 is 28.9 Å². The van der Waals surface area contributed by atoms with Crippen molar-refractivity contribution in [1.82, 2.24) is 4.90 Å². The quantitative estimate of drug-likeness (QED) is 0.605. The molecule has 1 aliphatic rings. The molecule has 0 aromatic heterocycles. The van der Waals surface area contributed by atoms with Crippen molar-refractivity contribution in [2.75, 3.05) is 31.1 Å². The van der Waals surface area contributed by atoms with E-state index in [-0.39, 0.29) is 23.7 Å². The van der Waals surface area contributed by atoms with Crippen molar-refractivity contribution < 1.29 is 14.1 Å². The molecule has 26 heavy (non-hydrogen) atoms. The van der Waals surface area contributed by atoms with Gasteiger partial charge in [-0.05, 0) is 23.8 Å². The average Bonchev–Trinajstić information content (AvgIpc) is 2.63. The second-order valence-corrected chi connectivity index (χ2v) is 6.50. The Bertz CT molecular complexity index is 821. The molecule has 2 aromatic rings. The van der Waals surface area contributed by atoms with Gasteiger partial charge in [0.1, 0.15) is 11.5 Å². The van der Waals surface area contributed by atoms with Gasteiger partial charge in [-0.25, -0.2) is 4.39 Å². The molecule has 1 heterocycles. The summed E-state index contributed by atoms with van der Waals surface area (Å²) in [6.07, 6.45) is 0.275. The van der Waals surface area contributed by atoms with Crippen LogP contribution < -0.4 is 4.90 Å². The smallest absolute Gasteiger partial charge is 0.292 e. The second kappa shape index (κ2) is 7.70. The number of amides is 1. The highest BCUT2D eigenvalue weighted by atomic mass is 35.5. The van der Waals surface area contributed by atoms with E-state index in [1.165, 1.54) is 12.1 Å². The van der Waals surface area contributed by atoms with E-state index in [2.05, 4.69) is 0 Å². The molecule has 0 bridgehead atoms. The number of anilines is 1. The van der Waals surface area contributed by atoms with Gasteiger partial charge in [-0.15, -0.1) is 0 Å². The molecule has 1 aliphatic heterocycles. The molecule has 1 amide bonds. The van der Waals surface area contributed by atoms with E-state index in [4.69, 9.17) is 11.6 Å². The summed E-state index contributed by atoms with van der Waals surface area (Å²) in [6.45, 7) is 1.69. The summed E-state index contributed by atoms with van der Waals surface area (Å²) in [7, 11) is 0. The van der Waals surface area contributed by atoms with Crippen molar-refractivity contribution in [2.45, 2.75) is 6.42 Å². The fraction of sp³-hybridized carbons (Fsp3) is 0.278. The van der Waals surface area contributed by atoms with E-state index in [1.54, 1.807) is 21.9 Å². The molecule has 0 saturated carbocycles. The first kappa shape index (κ1) is 18.1. The number of carbonyl (C=O) groups is 1. The Hall–Kier alpha value is -2.67. The molecule has 0 spiro atoms. The van der Waals surface area contributed by atoms with Gasteiger partial charge in [0, 0.05) is 43.3 Å². The number of nitro benzene ring substituents is 1. The van der Waals surface area contributed by atoms with Crippen LogP contribution in [0.3, 0.4) is 0 Å². The number of nitrogens with zero attached hydrogens (tertiary/aromatic N) is 3. The van der Waals surface area contributed by atoms with Gasteiger partial charge >= 0.3 is 0 Å². The van der Waals surface area contributed by atoms with Crippen LogP contribution in [-0.2, 0) is 11.2 Å². The molecule has 1 fully saturated rings. The summed E-state index contributed by atoms with van der Waals surface area (Å²) in [4.78, 5) is 26.5. The van der Waals surface area contributed by atoms with E-state index in [1.807, 2.05) is 12.1 Å². The SMILES string of the molecule is O=C(Cc1ccc(Cl)cc1)N1CCN(c2cc(F)ccc2[N+](=O)[O-])CC1. The van der Waals surface area contributed by atoms with Crippen molar-refractivity contribution in [2.24, 2.45) is 0 Å². The highest BCUT2D eigenvalue weighted by molar-refractivity contribution is 6.30. The molecule has 0 unspecified atom stereocenters. The highest BCUT2D eigenvalue weighted by Gasteiger charge is 2.26. The standard InChI is InChI=1S/C18H17ClFN3O3/c19-14-3-1-13(2-4-14)11-18(24)22-9-7-21(8-10-22)17-12-15(20)5-6-16(17)23(25)26/h1-6,12H,7-11H2. The van der Waals surface area contributed by atoms with Crippen LogP contribution in [0.5, 0.6) is 0 Å². The molecule has 6 nitrogen and oxygen atoms in total. The van der Waals surface area contributed by atoms with Crippen molar-refractivity contribution in [3.63, 3.8) is 0 Å². The van der Waals surface area contributed by atoms with E-state index < -0.39 is 10.7 Å². The van der Waals surface area contributed by atoms with Crippen LogP contribution in [0.2, 0.25) is 5.02 Å². The third kappa shape index (κ3) is 4.11. The fourth-order valence-electron chi connectivity index (χ4n) is 2.99. The molecule has 0 N–H and O–H groups in total. The van der Waals surface area contributed by atoms with Gasteiger partial charge in [-0.2, -0.15) is 0 Å². The Morgan fingerprint density at radius 2 is 1.77 bits per heavy atom. The van der Waals surface area contributed by atoms with Crippen molar-refractivity contribution in [1.29, 1.82) is 0 Å². The number of hydrogen-bond donors (Lipinski definition) is 0. The first-order valence-corrected chi connectivity index (χ1v) is 8.53. The number of rotatable bonds is 4. The van der Waals surface area contributed by atoms with Crippen LogP contribution in [0.4, 0.5) is 15.8 Å². The largest absolute Gasteiger partial charge is 0.362 e. The lowest BCUT2D eigenvalue weighted by atomic mass is 10.1. The number of nitro groups is 1. The lowest BCUT2D eigenvalue weighted by Gasteiger charge is -2.35. The predicted octanol–water partition coefficient (Wildman–Crippen LogP) is 3.28.